The Morgan fingerprint density at radius 3 is 2.18 bits per heavy atom. The molecule has 0 heterocycles. The third-order valence-electron chi connectivity index (χ3n) is 1.83. The molecule has 96 valence electrons. The predicted octanol–water partition coefficient (Wildman–Crippen LogP) is 1.25. The highest BCUT2D eigenvalue weighted by Crippen LogP contribution is 2.14. The summed E-state index contributed by atoms with van der Waals surface area (Å²) in [5, 5.41) is 0. The van der Waals surface area contributed by atoms with Crippen molar-refractivity contribution in [3.63, 3.8) is 0 Å². The van der Waals surface area contributed by atoms with Gasteiger partial charge < -0.3 is 5.73 Å². The van der Waals surface area contributed by atoms with E-state index in [-0.39, 0.29) is 0 Å². The summed E-state index contributed by atoms with van der Waals surface area (Å²) >= 11 is 0. The maximum absolute atomic E-state index is 11.8. The number of nitrogen functional groups attached to an aromatic ring is 1. The summed E-state index contributed by atoms with van der Waals surface area (Å²) in [7, 11) is -3.99. The van der Waals surface area contributed by atoms with Gasteiger partial charge in [0.05, 0.1) is 5.75 Å². The molecule has 0 spiro atoms. The zero-order valence-corrected chi connectivity index (χ0v) is 9.48. The second-order valence-corrected chi connectivity index (χ2v) is 5.24. The van der Waals surface area contributed by atoms with Crippen LogP contribution in [0.15, 0.2) is 24.3 Å². The van der Waals surface area contributed by atoms with E-state index in [0.29, 0.717) is 11.3 Å². The molecule has 3 N–H and O–H groups in total. The Kier molecular flexibility index (Phi) is 3.99. The Balaban J connectivity index is 2.64. The average molecular weight is 268 g/mol. The minimum Gasteiger partial charge on any atom is -0.399 e. The zero-order valence-electron chi connectivity index (χ0n) is 8.66. The molecule has 0 aliphatic rings. The van der Waals surface area contributed by atoms with Crippen molar-refractivity contribution in [2.24, 2.45) is 0 Å². The Morgan fingerprint density at radius 1 is 1.18 bits per heavy atom. The first kappa shape index (κ1) is 13.8. The molecule has 0 saturated carbocycles. The quantitative estimate of drug-likeness (QED) is 0.807. The molecule has 4 nitrogen and oxygen atoms in total. The molecule has 1 aromatic carbocycles. The van der Waals surface area contributed by atoms with Gasteiger partial charge >= 0.3 is 6.18 Å². The number of rotatable bonds is 4. The third-order valence-corrected chi connectivity index (χ3v) is 3.13. The predicted molar refractivity (Wildman–Crippen MR) is 57.5 cm³/mol. The first-order chi connectivity index (χ1) is 7.68. The van der Waals surface area contributed by atoms with Crippen LogP contribution in [0, 0.1) is 0 Å². The lowest BCUT2D eigenvalue weighted by Crippen LogP contribution is -2.34. The van der Waals surface area contributed by atoms with Gasteiger partial charge in [0, 0.05) is 5.69 Å². The number of hydrogen-bond acceptors (Lipinski definition) is 3. The van der Waals surface area contributed by atoms with Crippen molar-refractivity contribution in [1.29, 1.82) is 0 Å². The maximum atomic E-state index is 11.8. The van der Waals surface area contributed by atoms with E-state index in [1.165, 1.54) is 29.0 Å². The molecule has 0 saturated heterocycles. The Bertz CT molecular complexity index is 468. The van der Waals surface area contributed by atoms with Gasteiger partial charge in [-0.25, -0.2) is 13.1 Å². The summed E-state index contributed by atoms with van der Waals surface area (Å²) in [5.41, 5.74) is 6.21. The first-order valence-electron chi connectivity index (χ1n) is 4.56. The summed E-state index contributed by atoms with van der Waals surface area (Å²) in [4.78, 5) is 0. The molecule has 0 atom stereocenters. The molecule has 8 heteroatoms. The van der Waals surface area contributed by atoms with Crippen molar-refractivity contribution in [2.75, 3.05) is 12.3 Å². The lowest BCUT2D eigenvalue weighted by atomic mass is 10.2. The standard InChI is InChI=1S/C9H11F3N2O2S/c10-9(11,12)6-14-17(15,16)5-7-1-3-8(13)4-2-7/h1-4,14H,5-6,13H2. The van der Waals surface area contributed by atoms with Gasteiger partial charge in [-0.2, -0.15) is 13.2 Å². The smallest absolute Gasteiger partial charge is 0.399 e. The highest BCUT2D eigenvalue weighted by molar-refractivity contribution is 7.88. The summed E-state index contributed by atoms with van der Waals surface area (Å²) in [6.45, 7) is -1.57. The van der Waals surface area contributed by atoms with Crippen molar-refractivity contribution in [2.45, 2.75) is 11.9 Å². The molecule has 0 amide bonds. The number of anilines is 1. The van der Waals surface area contributed by atoms with E-state index >= 15 is 0 Å². The maximum Gasteiger partial charge on any atom is 0.402 e. The van der Waals surface area contributed by atoms with Gasteiger partial charge in [-0.05, 0) is 17.7 Å². The van der Waals surface area contributed by atoms with Crippen molar-refractivity contribution in [1.82, 2.24) is 4.72 Å². The molecule has 1 aromatic rings. The lowest BCUT2D eigenvalue weighted by Gasteiger charge is -2.09. The van der Waals surface area contributed by atoms with Crippen LogP contribution in [-0.2, 0) is 15.8 Å². The van der Waals surface area contributed by atoms with E-state index in [2.05, 4.69) is 0 Å². The van der Waals surface area contributed by atoms with Crippen molar-refractivity contribution >= 4 is 15.7 Å². The third kappa shape index (κ3) is 5.55. The highest BCUT2D eigenvalue weighted by Gasteiger charge is 2.29. The van der Waals surface area contributed by atoms with Crippen LogP contribution in [0.2, 0.25) is 0 Å². The Labute approximate surface area is 96.7 Å². The number of nitrogens with two attached hydrogens (primary N) is 1. The SMILES string of the molecule is Nc1ccc(CS(=O)(=O)NCC(F)(F)F)cc1. The summed E-state index contributed by atoms with van der Waals surface area (Å²) < 4.78 is 59.6. The van der Waals surface area contributed by atoms with Crippen LogP contribution >= 0.6 is 0 Å². The van der Waals surface area contributed by atoms with Gasteiger partial charge in [-0.15, -0.1) is 0 Å². The van der Waals surface area contributed by atoms with Gasteiger partial charge in [-0.3, -0.25) is 0 Å². The summed E-state index contributed by atoms with van der Waals surface area (Å²) in [5.74, 6) is -0.511. The lowest BCUT2D eigenvalue weighted by molar-refractivity contribution is -0.121. The number of halogens is 3. The first-order valence-corrected chi connectivity index (χ1v) is 6.22. The minimum atomic E-state index is -4.56. The van der Waals surface area contributed by atoms with Crippen LogP contribution in [0.1, 0.15) is 5.56 Å². The van der Waals surface area contributed by atoms with E-state index in [1.54, 1.807) is 0 Å². The number of alkyl halides is 3. The zero-order chi connectivity index (χ0) is 13.1. The number of sulfonamides is 1. The van der Waals surface area contributed by atoms with Crippen LogP contribution < -0.4 is 10.5 Å². The summed E-state index contributed by atoms with van der Waals surface area (Å²) in [6.07, 6.45) is -4.56. The molecular weight excluding hydrogens is 257 g/mol. The molecule has 0 aliphatic heterocycles. The molecule has 0 aromatic heterocycles. The van der Waals surface area contributed by atoms with E-state index < -0.39 is 28.5 Å². The molecule has 17 heavy (non-hydrogen) atoms. The Morgan fingerprint density at radius 2 is 1.71 bits per heavy atom. The minimum absolute atomic E-state index is 0.369. The fourth-order valence-electron chi connectivity index (χ4n) is 1.08. The average Bonchev–Trinajstić information content (AvgIpc) is 2.18. The van der Waals surface area contributed by atoms with E-state index in [9.17, 15) is 21.6 Å². The molecule has 0 unspecified atom stereocenters. The van der Waals surface area contributed by atoms with Crippen LogP contribution in [-0.4, -0.2) is 21.1 Å². The Hall–Kier alpha value is -1.28. The van der Waals surface area contributed by atoms with Gasteiger partial charge in [0.1, 0.15) is 6.54 Å². The largest absolute Gasteiger partial charge is 0.402 e. The van der Waals surface area contributed by atoms with Gasteiger partial charge in [0.2, 0.25) is 10.0 Å². The van der Waals surface area contributed by atoms with Crippen molar-refractivity contribution in [3.05, 3.63) is 29.8 Å². The summed E-state index contributed by atoms with van der Waals surface area (Å²) in [6, 6.07) is 5.85. The molecular formula is C9H11F3N2O2S. The monoisotopic (exact) mass is 268 g/mol. The fraction of sp³-hybridized carbons (Fsp3) is 0.333. The number of hydrogen-bond donors (Lipinski definition) is 2. The van der Waals surface area contributed by atoms with Gasteiger partial charge in [-0.1, -0.05) is 12.1 Å². The second kappa shape index (κ2) is 4.92. The molecule has 0 aliphatic carbocycles. The fourth-order valence-corrected chi connectivity index (χ4v) is 2.19. The molecule has 0 bridgehead atoms. The van der Waals surface area contributed by atoms with Crippen molar-refractivity contribution < 1.29 is 21.6 Å². The molecule has 0 radical (unpaired) electrons. The van der Waals surface area contributed by atoms with Gasteiger partial charge in [0.15, 0.2) is 0 Å². The topological polar surface area (TPSA) is 72.2 Å². The van der Waals surface area contributed by atoms with Crippen LogP contribution in [0.4, 0.5) is 18.9 Å². The number of benzene rings is 1. The van der Waals surface area contributed by atoms with Crippen LogP contribution in [0.5, 0.6) is 0 Å². The van der Waals surface area contributed by atoms with Gasteiger partial charge in [0.25, 0.3) is 0 Å². The van der Waals surface area contributed by atoms with Crippen molar-refractivity contribution in [3.8, 4) is 0 Å². The number of nitrogens with one attached hydrogen (secondary N) is 1. The van der Waals surface area contributed by atoms with E-state index in [0.717, 1.165) is 0 Å². The van der Waals surface area contributed by atoms with E-state index in [4.69, 9.17) is 5.73 Å². The normalized spacial score (nSPS) is 12.6. The second-order valence-electron chi connectivity index (χ2n) is 3.44. The highest BCUT2D eigenvalue weighted by atomic mass is 32.2. The van der Waals surface area contributed by atoms with Crippen LogP contribution in [0.25, 0.3) is 0 Å². The van der Waals surface area contributed by atoms with E-state index in [1.807, 2.05) is 0 Å². The molecule has 1 rings (SSSR count). The van der Waals surface area contributed by atoms with Crippen LogP contribution in [0.3, 0.4) is 0 Å². The molecule has 0 fully saturated rings.